The van der Waals surface area contributed by atoms with Gasteiger partial charge in [0.25, 0.3) is 0 Å². The first-order valence-electron chi connectivity index (χ1n) is 8.43. The summed E-state index contributed by atoms with van der Waals surface area (Å²) in [5, 5.41) is 6.07. The number of rotatable bonds is 4. The van der Waals surface area contributed by atoms with Crippen molar-refractivity contribution >= 4 is 12.0 Å². The first-order valence-corrected chi connectivity index (χ1v) is 8.43. The van der Waals surface area contributed by atoms with Crippen molar-refractivity contribution in [3.63, 3.8) is 0 Å². The van der Waals surface area contributed by atoms with Crippen LogP contribution in [0.4, 0.5) is 10.7 Å². The van der Waals surface area contributed by atoms with Crippen LogP contribution in [-0.2, 0) is 4.74 Å². The SMILES string of the molecule is CC(NC(=O)NC1CCCN(c2ncccn2)C1)C1CCCO1. The molecule has 2 amide bonds. The Kier molecular flexibility index (Phi) is 5.27. The summed E-state index contributed by atoms with van der Waals surface area (Å²) in [6.07, 6.45) is 7.72. The molecule has 2 aliphatic rings. The molecule has 0 saturated carbocycles. The number of nitrogens with one attached hydrogen (secondary N) is 2. The third-order valence-electron chi connectivity index (χ3n) is 4.47. The molecule has 2 aliphatic heterocycles. The molecule has 1 aromatic heterocycles. The van der Waals surface area contributed by atoms with Crippen LogP contribution in [0.25, 0.3) is 0 Å². The lowest BCUT2D eigenvalue weighted by molar-refractivity contribution is 0.0858. The lowest BCUT2D eigenvalue weighted by Crippen LogP contribution is -2.53. The van der Waals surface area contributed by atoms with Gasteiger partial charge in [0.15, 0.2) is 0 Å². The largest absolute Gasteiger partial charge is 0.376 e. The molecule has 3 rings (SSSR count). The molecular weight excluding hydrogens is 294 g/mol. The normalized spacial score (nSPS) is 25.9. The number of piperidine rings is 1. The predicted molar refractivity (Wildman–Crippen MR) is 87.4 cm³/mol. The number of aromatic nitrogens is 2. The van der Waals surface area contributed by atoms with Crippen LogP contribution in [-0.4, -0.2) is 53.9 Å². The van der Waals surface area contributed by atoms with Crippen molar-refractivity contribution in [1.82, 2.24) is 20.6 Å². The molecular formula is C16H25N5O2. The zero-order valence-electron chi connectivity index (χ0n) is 13.6. The van der Waals surface area contributed by atoms with Crippen molar-refractivity contribution in [2.24, 2.45) is 0 Å². The maximum Gasteiger partial charge on any atom is 0.315 e. The number of carbonyl (C=O) groups is 1. The summed E-state index contributed by atoms with van der Waals surface area (Å²) < 4.78 is 5.61. The zero-order valence-corrected chi connectivity index (χ0v) is 13.6. The molecule has 23 heavy (non-hydrogen) atoms. The summed E-state index contributed by atoms with van der Waals surface area (Å²) in [6, 6.07) is 1.84. The number of amides is 2. The number of hydrogen-bond donors (Lipinski definition) is 2. The van der Waals surface area contributed by atoms with Crippen molar-refractivity contribution in [1.29, 1.82) is 0 Å². The number of urea groups is 1. The van der Waals surface area contributed by atoms with E-state index in [0.29, 0.717) is 0 Å². The first-order chi connectivity index (χ1) is 11.2. The predicted octanol–water partition coefficient (Wildman–Crippen LogP) is 1.31. The van der Waals surface area contributed by atoms with Crippen LogP contribution in [0.2, 0.25) is 0 Å². The number of nitrogens with zero attached hydrogens (tertiary/aromatic N) is 3. The number of ether oxygens (including phenoxy) is 1. The van der Waals surface area contributed by atoms with Gasteiger partial charge in [-0.2, -0.15) is 0 Å². The highest BCUT2D eigenvalue weighted by Crippen LogP contribution is 2.16. The molecule has 7 nitrogen and oxygen atoms in total. The molecule has 0 bridgehead atoms. The molecule has 2 fully saturated rings. The highest BCUT2D eigenvalue weighted by molar-refractivity contribution is 5.74. The summed E-state index contributed by atoms with van der Waals surface area (Å²) >= 11 is 0. The van der Waals surface area contributed by atoms with Gasteiger partial charge in [0, 0.05) is 38.1 Å². The molecule has 3 heterocycles. The lowest BCUT2D eigenvalue weighted by atomic mass is 10.1. The van der Waals surface area contributed by atoms with E-state index in [4.69, 9.17) is 4.74 Å². The maximum absolute atomic E-state index is 12.2. The van der Waals surface area contributed by atoms with Gasteiger partial charge >= 0.3 is 6.03 Å². The van der Waals surface area contributed by atoms with Gasteiger partial charge in [-0.15, -0.1) is 0 Å². The fourth-order valence-electron chi connectivity index (χ4n) is 3.25. The van der Waals surface area contributed by atoms with E-state index in [1.165, 1.54) is 0 Å². The second kappa shape index (κ2) is 7.59. The quantitative estimate of drug-likeness (QED) is 0.875. The van der Waals surface area contributed by atoms with Gasteiger partial charge in [0.2, 0.25) is 5.95 Å². The van der Waals surface area contributed by atoms with E-state index in [0.717, 1.165) is 51.3 Å². The van der Waals surface area contributed by atoms with Crippen LogP contribution < -0.4 is 15.5 Å². The Bertz CT molecular complexity index is 506. The van der Waals surface area contributed by atoms with Gasteiger partial charge in [-0.25, -0.2) is 14.8 Å². The molecule has 7 heteroatoms. The van der Waals surface area contributed by atoms with Crippen LogP contribution in [0.15, 0.2) is 18.5 Å². The van der Waals surface area contributed by atoms with E-state index in [2.05, 4.69) is 25.5 Å². The smallest absolute Gasteiger partial charge is 0.315 e. The average Bonchev–Trinajstić information content (AvgIpc) is 3.10. The molecule has 1 aromatic rings. The van der Waals surface area contributed by atoms with E-state index >= 15 is 0 Å². The van der Waals surface area contributed by atoms with Crippen molar-refractivity contribution in [3.05, 3.63) is 18.5 Å². The Morgan fingerprint density at radius 2 is 2.17 bits per heavy atom. The van der Waals surface area contributed by atoms with Gasteiger partial charge in [0.1, 0.15) is 0 Å². The molecule has 0 aliphatic carbocycles. The summed E-state index contributed by atoms with van der Waals surface area (Å²) in [5.74, 6) is 0.729. The Hall–Kier alpha value is -1.89. The van der Waals surface area contributed by atoms with Gasteiger partial charge in [-0.05, 0) is 38.7 Å². The topological polar surface area (TPSA) is 79.4 Å². The second-order valence-corrected chi connectivity index (χ2v) is 6.29. The third kappa shape index (κ3) is 4.31. The van der Waals surface area contributed by atoms with Crippen LogP contribution in [0.1, 0.15) is 32.6 Å². The van der Waals surface area contributed by atoms with Gasteiger partial charge in [-0.3, -0.25) is 0 Å². The molecule has 0 radical (unpaired) electrons. The van der Waals surface area contributed by atoms with E-state index < -0.39 is 0 Å². The summed E-state index contributed by atoms with van der Waals surface area (Å²) in [7, 11) is 0. The third-order valence-corrected chi connectivity index (χ3v) is 4.47. The van der Waals surface area contributed by atoms with Crippen molar-refractivity contribution < 1.29 is 9.53 Å². The van der Waals surface area contributed by atoms with Crippen LogP contribution in [0.3, 0.4) is 0 Å². The minimum Gasteiger partial charge on any atom is -0.376 e. The van der Waals surface area contributed by atoms with E-state index in [1.807, 2.05) is 13.0 Å². The molecule has 3 unspecified atom stereocenters. The minimum atomic E-state index is -0.117. The molecule has 0 aromatic carbocycles. The van der Waals surface area contributed by atoms with Crippen molar-refractivity contribution in [2.75, 3.05) is 24.6 Å². The Morgan fingerprint density at radius 3 is 2.91 bits per heavy atom. The monoisotopic (exact) mass is 319 g/mol. The maximum atomic E-state index is 12.2. The minimum absolute atomic E-state index is 0.0367. The van der Waals surface area contributed by atoms with Gasteiger partial charge < -0.3 is 20.3 Å². The average molecular weight is 319 g/mol. The number of carbonyl (C=O) groups excluding carboxylic acids is 1. The van der Waals surface area contributed by atoms with E-state index in [1.54, 1.807) is 12.4 Å². The fourth-order valence-corrected chi connectivity index (χ4v) is 3.25. The van der Waals surface area contributed by atoms with E-state index in [9.17, 15) is 4.79 Å². The summed E-state index contributed by atoms with van der Waals surface area (Å²) in [4.78, 5) is 22.9. The summed E-state index contributed by atoms with van der Waals surface area (Å²) in [6.45, 7) is 4.47. The number of anilines is 1. The highest BCUT2D eigenvalue weighted by Gasteiger charge is 2.26. The Balaban J connectivity index is 1.48. The highest BCUT2D eigenvalue weighted by atomic mass is 16.5. The van der Waals surface area contributed by atoms with Crippen LogP contribution >= 0.6 is 0 Å². The first kappa shape index (κ1) is 16.0. The molecule has 3 atom stereocenters. The Morgan fingerprint density at radius 1 is 1.35 bits per heavy atom. The Labute approximate surface area is 136 Å². The number of hydrogen-bond acceptors (Lipinski definition) is 5. The van der Waals surface area contributed by atoms with E-state index in [-0.39, 0.29) is 24.2 Å². The zero-order chi connectivity index (χ0) is 16.1. The van der Waals surface area contributed by atoms with Crippen molar-refractivity contribution in [2.45, 2.75) is 50.8 Å². The summed E-state index contributed by atoms with van der Waals surface area (Å²) in [5.41, 5.74) is 0. The van der Waals surface area contributed by atoms with Gasteiger partial charge in [0.05, 0.1) is 12.1 Å². The standard InChI is InChI=1S/C16H25N5O2/c1-12(14-6-3-10-23-14)19-16(22)20-13-5-2-9-21(11-13)15-17-7-4-8-18-15/h4,7-8,12-14H,2-3,5-6,9-11H2,1H3,(H2,19,20,22). The molecule has 2 saturated heterocycles. The van der Waals surface area contributed by atoms with Crippen LogP contribution in [0.5, 0.6) is 0 Å². The lowest BCUT2D eigenvalue weighted by Gasteiger charge is -2.33. The molecule has 2 N–H and O–H groups in total. The van der Waals surface area contributed by atoms with Crippen molar-refractivity contribution in [3.8, 4) is 0 Å². The van der Waals surface area contributed by atoms with Crippen LogP contribution in [0, 0.1) is 0 Å². The molecule has 126 valence electrons. The molecule has 0 spiro atoms. The fraction of sp³-hybridized carbons (Fsp3) is 0.688. The second-order valence-electron chi connectivity index (χ2n) is 6.29. The van der Waals surface area contributed by atoms with Gasteiger partial charge in [-0.1, -0.05) is 0 Å².